The maximum Gasteiger partial charge on any atom is 0.189 e. The molecule has 2 rings (SSSR count). The van der Waals surface area contributed by atoms with Crippen LogP contribution in [0.2, 0.25) is 0 Å². The van der Waals surface area contributed by atoms with E-state index in [-0.39, 0.29) is 11.7 Å². The first kappa shape index (κ1) is 14.5. The lowest BCUT2D eigenvalue weighted by atomic mass is 10.1. The molecule has 19 heavy (non-hydrogen) atoms. The van der Waals surface area contributed by atoms with E-state index in [1.54, 1.807) is 12.1 Å². The van der Waals surface area contributed by atoms with Crippen LogP contribution in [0.5, 0.6) is 5.75 Å². The van der Waals surface area contributed by atoms with Crippen LogP contribution < -0.4 is 4.74 Å². The van der Waals surface area contributed by atoms with E-state index < -0.39 is 11.1 Å². The van der Waals surface area contributed by atoms with Gasteiger partial charge in [-0.3, -0.25) is 4.18 Å². The zero-order valence-corrected chi connectivity index (χ0v) is 12.4. The van der Waals surface area contributed by atoms with Crippen LogP contribution in [0.25, 0.3) is 0 Å². The minimum atomic E-state index is -1.39. The summed E-state index contributed by atoms with van der Waals surface area (Å²) < 4.78 is 28.1. The molecule has 2 unspecified atom stereocenters. The number of rotatable bonds is 7. The molecule has 0 saturated carbocycles. The Balaban J connectivity index is 1.96. The first-order chi connectivity index (χ1) is 9.03. The Kier molecular flexibility index (Phi) is 4.60. The summed E-state index contributed by atoms with van der Waals surface area (Å²) in [7, 11) is 0. The topological polar surface area (TPSA) is 48.1 Å². The zero-order valence-electron chi connectivity index (χ0n) is 11.5. The van der Waals surface area contributed by atoms with Gasteiger partial charge in [-0.15, -0.1) is 0 Å². The molecular weight excluding hydrogens is 264 g/mol. The quantitative estimate of drug-likeness (QED) is 0.722. The van der Waals surface area contributed by atoms with Gasteiger partial charge in [-0.1, -0.05) is 6.92 Å². The molecule has 0 bridgehead atoms. The van der Waals surface area contributed by atoms with Gasteiger partial charge in [0.2, 0.25) is 0 Å². The van der Waals surface area contributed by atoms with Crippen molar-refractivity contribution in [2.75, 3.05) is 13.2 Å². The third kappa shape index (κ3) is 4.03. The van der Waals surface area contributed by atoms with E-state index in [1.807, 2.05) is 32.9 Å². The molecule has 2 atom stereocenters. The van der Waals surface area contributed by atoms with Crippen LogP contribution in [-0.2, 0) is 20.0 Å². The van der Waals surface area contributed by atoms with E-state index >= 15 is 0 Å². The summed E-state index contributed by atoms with van der Waals surface area (Å²) in [6.45, 7) is 7.23. The number of epoxide rings is 1. The van der Waals surface area contributed by atoms with Crippen LogP contribution in [0.3, 0.4) is 0 Å². The summed E-state index contributed by atoms with van der Waals surface area (Å²) in [6.07, 6.45) is 1.01. The standard InChI is InChI=1S/C14H20O4S/c1-4-9-17-19(15)12-7-5-11(6-8-12)18-14(2,3)13-10-16-13/h5-8,13H,4,9-10H2,1-3H3. The molecule has 5 heteroatoms. The van der Waals surface area contributed by atoms with Crippen LogP contribution >= 0.6 is 0 Å². The van der Waals surface area contributed by atoms with Crippen molar-refractivity contribution >= 4 is 11.1 Å². The number of benzene rings is 1. The van der Waals surface area contributed by atoms with Crippen LogP contribution in [0.15, 0.2) is 29.2 Å². The van der Waals surface area contributed by atoms with Gasteiger partial charge in [0.15, 0.2) is 11.1 Å². The van der Waals surface area contributed by atoms with E-state index in [2.05, 4.69) is 0 Å². The first-order valence-electron chi connectivity index (χ1n) is 6.48. The third-order valence-corrected chi connectivity index (χ3v) is 3.94. The molecule has 1 aromatic carbocycles. The van der Waals surface area contributed by atoms with Crippen LogP contribution in [0.4, 0.5) is 0 Å². The summed E-state index contributed by atoms with van der Waals surface area (Å²) >= 11 is -1.39. The molecule has 0 N–H and O–H groups in total. The Morgan fingerprint density at radius 2 is 2.00 bits per heavy atom. The van der Waals surface area contributed by atoms with E-state index in [1.165, 1.54) is 0 Å². The average molecular weight is 284 g/mol. The molecule has 0 aliphatic carbocycles. The molecule has 1 aliphatic heterocycles. The molecule has 1 saturated heterocycles. The number of hydrogen-bond acceptors (Lipinski definition) is 4. The van der Waals surface area contributed by atoms with Crippen molar-refractivity contribution in [2.24, 2.45) is 0 Å². The lowest BCUT2D eigenvalue weighted by molar-refractivity contribution is 0.0743. The van der Waals surface area contributed by atoms with Gasteiger partial charge in [0.25, 0.3) is 0 Å². The molecule has 0 aromatic heterocycles. The lowest BCUT2D eigenvalue weighted by Crippen LogP contribution is -2.34. The smallest absolute Gasteiger partial charge is 0.189 e. The van der Waals surface area contributed by atoms with E-state index in [0.717, 1.165) is 18.8 Å². The lowest BCUT2D eigenvalue weighted by Gasteiger charge is -2.24. The number of hydrogen-bond donors (Lipinski definition) is 0. The molecule has 106 valence electrons. The molecule has 0 spiro atoms. The second kappa shape index (κ2) is 6.03. The van der Waals surface area contributed by atoms with Gasteiger partial charge in [0.05, 0.1) is 18.1 Å². The van der Waals surface area contributed by atoms with E-state index in [0.29, 0.717) is 11.5 Å². The van der Waals surface area contributed by atoms with Crippen molar-refractivity contribution in [3.05, 3.63) is 24.3 Å². The fraction of sp³-hybridized carbons (Fsp3) is 0.571. The summed E-state index contributed by atoms with van der Waals surface area (Å²) in [5.74, 6) is 0.747. The summed E-state index contributed by atoms with van der Waals surface area (Å²) in [5.41, 5.74) is -0.334. The fourth-order valence-corrected chi connectivity index (χ4v) is 2.48. The highest BCUT2D eigenvalue weighted by atomic mass is 32.2. The Bertz CT molecular complexity index is 437. The van der Waals surface area contributed by atoms with Crippen molar-refractivity contribution in [1.29, 1.82) is 0 Å². The van der Waals surface area contributed by atoms with Gasteiger partial charge in [-0.05, 0) is 44.5 Å². The van der Waals surface area contributed by atoms with Crippen molar-refractivity contribution in [3.63, 3.8) is 0 Å². The van der Waals surface area contributed by atoms with Gasteiger partial charge in [-0.25, -0.2) is 4.21 Å². The van der Waals surface area contributed by atoms with Crippen LogP contribution in [-0.4, -0.2) is 29.1 Å². The Morgan fingerprint density at radius 3 is 2.53 bits per heavy atom. The van der Waals surface area contributed by atoms with Crippen LogP contribution in [0, 0.1) is 0 Å². The highest BCUT2D eigenvalue weighted by molar-refractivity contribution is 7.80. The second-order valence-electron chi connectivity index (χ2n) is 5.06. The SMILES string of the molecule is CCCOS(=O)c1ccc(OC(C)(C)C2CO2)cc1. The minimum Gasteiger partial charge on any atom is -0.485 e. The van der Waals surface area contributed by atoms with Crippen molar-refractivity contribution in [3.8, 4) is 5.75 Å². The molecule has 4 nitrogen and oxygen atoms in total. The Hall–Kier alpha value is -0.910. The van der Waals surface area contributed by atoms with Crippen LogP contribution in [0.1, 0.15) is 27.2 Å². The summed E-state index contributed by atoms with van der Waals surface area (Å²) in [4.78, 5) is 0.654. The third-order valence-electron chi connectivity index (χ3n) is 2.90. The second-order valence-corrected chi connectivity index (χ2v) is 6.23. The molecule has 1 aromatic rings. The molecule has 1 fully saturated rings. The van der Waals surface area contributed by atoms with E-state index in [4.69, 9.17) is 13.7 Å². The van der Waals surface area contributed by atoms with Crippen molar-refractivity contribution in [1.82, 2.24) is 0 Å². The van der Waals surface area contributed by atoms with Gasteiger partial charge in [-0.2, -0.15) is 0 Å². The maximum atomic E-state index is 11.7. The molecular formula is C14H20O4S. The Morgan fingerprint density at radius 1 is 1.37 bits per heavy atom. The highest BCUT2D eigenvalue weighted by Crippen LogP contribution is 2.29. The largest absolute Gasteiger partial charge is 0.485 e. The summed E-state index contributed by atoms with van der Waals surface area (Å²) in [6, 6.07) is 7.16. The first-order valence-corrected chi connectivity index (χ1v) is 7.56. The van der Waals surface area contributed by atoms with Gasteiger partial charge in [0.1, 0.15) is 17.5 Å². The van der Waals surface area contributed by atoms with Gasteiger partial charge < -0.3 is 9.47 Å². The molecule has 1 heterocycles. The summed E-state index contributed by atoms with van der Waals surface area (Å²) in [5, 5.41) is 0. The van der Waals surface area contributed by atoms with Gasteiger partial charge >= 0.3 is 0 Å². The molecule has 0 radical (unpaired) electrons. The molecule has 1 aliphatic rings. The minimum absolute atomic E-state index is 0.161. The predicted molar refractivity (Wildman–Crippen MR) is 73.5 cm³/mol. The van der Waals surface area contributed by atoms with Gasteiger partial charge in [0, 0.05) is 0 Å². The fourth-order valence-electron chi connectivity index (χ4n) is 1.66. The average Bonchev–Trinajstić information content (AvgIpc) is 3.21. The Labute approximate surface area is 116 Å². The van der Waals surface area contributed by atoms with E-state index in [9.17, 15) is 4.21 Å². The zero-order chi connectivity index (χ0) is 13.9. The number of ether oxygens (including phenoxy) is 2. The van der Waals surface area contributed by atoms with Crippen molar-refractivity contribution < 1.29 is 17.9 Å². The maximum absolute atomic E-state index is 11.7. The monoisotopic (exact) mass is 284 g/mol. The highest BCUT2D eigenvalue weighted by Gasteiger charge is 2.41. The predicted octanol–water partition coefficient (Wildman–Crippen LogP) is 2.69. The molecule has 0 amide bonds. The van der Waals surface area contributed by atoms with Crippen molar-refractivity contribution in [2.45, 2.75) is 43.8 Å². The normalized spacial score (nSPS) is 20.1.